The third-order valence-electron chi connectivity index (χ3n) is 4.53. The number of hydrogen-bond donors (Lipinski definition) is 2. The highest BCUT2D eigenvalue weighted by molar-refractivity contribution is 8.01. The van der Waals surface area contributed by atoms with E-state index >= 15 is 0 Å². The number of thioether (sulfide) groups is 1. The average Bonchev–Trinajstić information content (AvgIpc) is 3.28. The molecule has 0 radical (unpaired) electrons. The molecular weight excluding hydrogens is 463 g/mol. The summed E-state index contributed by atoms with van der Waals surface area (Å²) < 4.78 is 39.6. The highest BCUT2D eigenvalue weighted by Gasteiger charge is 2.34. The van der Waals surface area contributed by atoms with Gasteiger partial charge in [0.2, 0.25) is 5.91 Å². The first-order valence-electron chi connectivity index (χ1n) is 8.87. The van der Waals surface area contributed by atoms with Crippen molar-refractivity contribution in [1.82, 2.24) is 9.88 Å². The van der Waals surface area contributed by atoms with E-state index < -0.39 is 17.7 Å². The molecule has 1 atom stereocenters. The van der Waals surface area contributed by atoms with Crippen LogP contribution < -0.4 is 5.32 Å². The van der Waals surface area contributed by atoms with Gasteiger partial charge in [-0.05, 0) is 24.6 Å². The highest BCUT2D eigenvalue weighted by atomic mass is 35.5. The number of anilines is 1. The summed E-state index contributed by atoms with van der Waals surface area (Å²) in [6.45, 7) is 0.752. The van der Waals surface area contributed by atoms with Crippen LogP contribution in [-0.4, -0.2) is 51.8 Å². The minimum Gasteiger partial charge on any atom is -0.476 e. The number of rotatable bonds is 8. The maximum absolute atomic E-state index is 13.0. The van der Waals surface area contributed by atoms with Crippen LogP contribution in [0.1, 0.15) is 28.9 Å². The standard InChI is InChI=1S/C18H17ClF3N3O3S2/c19-13-3-1-10(7-12(13)18(20,21)22)23-8-11-2-4-15(26)25(11)5-6-29-17-24-14(9-30-17)16(27)28/h1,3,7,9,11,23H,2,4-6,8H2,(H,27,28)/t11-/m1/s1. The fraction of sp³-hybridized carbons (Fsp3) is 0.389. The number of carbonyl (C=O) groups excluding carboxylic acids is 1. The lowest BCUT2D eigenvalue weighted by molar-refractivity contribution is -0.137. The monoisotopic (exact) mass is 479 g/mol. The maximum Gasteiger partial charge on any atom is 0.417 e. The Morgan fingerprint density at radius 2 is 2.20 bits per heavy atom. The molecular formula is C18H17ClF3N3O3S2. The van der Waals surface area contributed by atoms with Crippen molar-refractivity contribution in [3.8, 4) is 0 Å². The van der Waals surface area contributed by atoms with Crippen LogP contribution >= 0.6 is 34.7 Å². The Labute approximate surface area is 183 Å². The van der Waals surface area contributed by atoms with Gasteiger partial charge in [-0.25, -0.2) is 9.78 Å². The first kappa shape index (κ1) is 22.7. The van der Waals surface area contributed by atoms with Gasteiger partial charge in [-0.2, -0.15) is 13.2 Å². The lowest BCUT2D eigenvalue weighted by Gasteiger charge is -2.25. The summed E-state index contributed by atoms with van der Waals surface area (Å²) in [5.74, 6) is -0.566. The molecule has 2 N–H and O–H groups in total. The number of aromatic carboxylic acids is 1. The van der Waals surface area contributed by atoms with E-state index in [2.05, 4.69) is 10.3 Å². The van der Waals surface area contributed by atoms with Gasteiger partial charge in [0, 0.05) is 42.4 Å². The average molecular weight is 480 g/mol. The van der Waals surface area contributed by atoms with Crippen LogP contribution in [0.2, 0.25) is 5.02 Å². The molecule has 1 aliphatic rings. The Morgan fingerprint density at radius 3 is 2.87 bits per heavy atom. The van der Waals surface area contributed by atoms with E-state index in [1.54, 1.807) is 4.90 Å². The van der Waals surface area contributed by atoms with Crippen molar-refractivity contribution in [2.75, 3.05) is 24.2 Å². The zero-order chi connectivity index (χ0) is 21.9. The molecule has 0 bridgehead atoms. The van der Waals surface area contributed by atoms with Crippen LogP contribution in [0.5, 0.6) is 0 Å². The molecule has 1 saturated heterocycles. The van der Waals surface area contributed by atoms with Gasteiger partial charge in [-0.1, -0.05) is 23.4 Å². The summed E-state index contributed by atoms with van der Waals surface area (Å²) >= 11 is 8.22. The van der Waals surface area contributed by atoms with Crippen LogP contribution in [0.15, 0.2) is 27.9 Å². The van der Waals surface area contributed by atoms with Crippen molar-refractivity contribution in [2.45, 2.75) is 29.4 Å². The van der Waals surface area contributed by atoms with Crippen molar-refractivity contribution >= 4 is 52.3 Å². The molecule has 0 spiro atoms. The van der Waals surface area contributed by atoms with E-state index in [9.17, 15) is 22.8 Å². The van der Waals surface area contributed by atoms with Gasteiger partial charge in [-0.15, -0.1) is 11.3 Å². The van der Waals surface area contributed by atoms with Crippen LogP contribution in [0.3, 0.4) is 0 Å². The van der Waals surface area contributed by atoms with E-state index in [4.69, 9.17) is 16.7 Å². The highest BCUT2D eigenvalue weighted by Crippen LogP contribution is 2.36. The number of nitrogens with one attached hydrogen (secondary N) is 1. The number of carboxylic acid groups (broad SMARTS) is 1. The van der Waals surface area contributed by atoms with Crippen LogP contribution in [0, 0.1) is 0 Å². The zero-order valence-electron chi connectivity index (χ0n) is 15.4. The summed E-state index contributed by atoms with van der Waals surface area (Å²) in [6, 6.07) is 3.48. The van der Waals surface area contributed by atoms with Crippen molar-refractivity contribution in [3.05, 3.63) is 39.9 Å². The molecule has 1 aliphatic heterocycles. The number of likely N-dealkylation sites (tertiary alicyclic amines) is 1. The molecule has 1 fully saturated rings. The molecule has 0 unspecified atom stereocenters. The van der Waals surface area contributed by atoms with Crippen LogP contribution in [0.4, 0.5) is 18.9 Å². The van der Waals surface area contributed by atoms with Gasteiger partial charge in [0.05, 0.1) is 10.6 Å². The van der Waals surface area contributed by atoms with Gasteiger partial charge in [0.25, 0.3) is 0 Å². The number of halogens is 4. The van der Waals surface area contributed by atoms with Gasteiger partial charge in [0.15, 0.2) is 10.0 Å². The van der Waals surface area contributed by atoms with Crippen molar-refractivity contribution < 1.29 is 27.9 Å². The Kier molecular flexibility index (Phi) is 7.14. The Hall–Kier alpha value is -1.98. The van der Waals surface area contributed by atoms with Crippen molar-refractivity contribution in [2.24, 2.45) is 0 Å². The Bertz CT molecular complexity index is 939. The van der Waals surface area contributed by atoms with Gasteiger partial charge in [0.1, 0.15) is 0 Å². The predicted molar refractivity (Wildman–Crippen MR) is 109 cm³/mol. The van der Waals surface area contributed by atoms with E-state index in [0.717, 1.165) is 6.07 Å². The molecule has 1 aromatic heterocycles. The number of carbonyl (C=O) groups is 2. The molecule has 162 valence electrons. The number of thiazole rings is 1. The molecule has 3 rings (SSSR count). The number of nitrogens with zero attached hydrogens (tertiary/aromatic N) is 2. The summed E-state index contributed by atoms with van der Waals surface area (Å²) in [5.41, 5.74) is -0.638. The second-order valence-electron chi connectivity index (χ2n) is 6.51. The third kappa shape index (κ3) is 5.58. The van der Waals surface area contributed by atoms with E-state index in [1.807, 2.05) is 0 Å². The van der Waals surface area contributed by atoms with E-state index in [-0.39, 0.29) is 28.4 Å². The summed E-state index contributed by atoms with van der Waals surface area (Å²) in [5, 5.41) is 13.0. The molecule has 2 heterocycles. The molecule has 30 heavy (non-hydrogen) atoms. The van der Waals surface area contributed by atoms with Crippen LogP contribution in [-0.2, 0) is 11.0 Å². The second-order valence-corrected chi connectivity index (χ2v) is 9.11. The predicted octanol–water partition coefficient (Wildman–Crippen LogP) is 4.71. The first-order valence-corrected chi connectivity index (χ1v) is 11.1. The van der Waals surface area contributed by atoms with Gasteiger partial charge < -0.3 is 15.3 Å². The Morgan fingerprint density at radius 1 is 1.43 bits per heavy atom. The first-order chi connectivity index (χ1) is 14.1. The quantitative estimate of drug-likeness (QED) is 0.534. The topological polar surface area (TPSA) is 82.5 Å². The number of hydrogen-bond acceptors (Lipinski definition) is 6. The number of alkyl halides is 3. The zero-order valence-corrected chi connectivity index (χ0v) is 17.8. The van der Waals surface area contributed by atoms with Gasteiger partial charge >= 0.3 is 12.1 Å². The minimum absolute atomic E-state index is 0.0111. The molecule has 1 aromatic carbocycles. The Balaban J connectivity index is 1.55. The third-order valence-corrected chi connectivity index (χ3v) is 6.86. The fourth-order valence-corrected chi connectivity index (χ4v) is 5.09. The summed E-state index contributed by atoms with van der Waals surface area (Å²) in [4.78, 5) is 28.8. The fourth-order valence-electron chi connectivity index (χ4n) is 3.05. The lowest BCUT2D eigenvalue weighted by Crippen LogP contribution is -2.39. The molecule has 12 heteroatoms. The SMILES string of the molecule is O=C(O)c1csc(SCCN2C(=O)CC[C@@H]2CNc2ccc(Cl)c(C(F)(F)F)c2)n1. The normalized spacial score (nSPS) is 16.9. The van der Waals surface area contributed by atoms with E-state index in [1.165, 1.54) is 40.6 Å². The second kappa shape index (κ2) is 9.44. The number of carboxylic acids is 1. The molecule has 0 aliphatic carbocycles. The molecule has 1 amide bonds. The molecule has 2 aromatic rings. The minimum atomic E-state index is -4.54. The maximum atomic E-state index is 13.0. The molecule has 6 nitrogen and oxygen atoms in total. The van der Waals surface area contributed by atoms with Crippen LogP contribution in [0.25, 0.3) is 0 Å². The number of amides is 1. The lowest BCUT2D eigenvalue weighted by atomic mass is 10.1. The molecule has 0 saturated carbocycles. The smallest absolute Gasteiger partial charge is 0.417 e. The number of benzene rings is 1. The van der Waals surface area contributed by atoms with Crippen molar-refractivity contribution in [3.63, 3.8) is 0 Å². The van der Waals surface area contributed by atoms with Gasteiger partial charge in [-0.3, -0.25) is 4.79 Å². The number of aromatic nitrogens is 1. The largest absolute Gasteiger partial charge is 0.476 e. The van der Waals surface area contributed by atoms with Crippen molar-refractivity contribution in [1.29, 1.82) is 0 Å². The summed E-state index contributed by atoms with van der Waals surface area (Å²) in [7, 11) is 0. The summed E-state index contributed by atoms with van der Waals surface area (Å²) in [6.07, 6.45) is -3.56. The van der Waals surface area contributed by atoms with E-state index in [0.29, 0.717) is 36.0 Å².